The molecule has 0 saturated heterocycles. The minimum absolute atomic E-state index is 0.0439. The Bertz CT molecular complexity index is 415. The van der Waals surface area contributed by atoms with Gasteiger partial charge in [-0.2, -0.15) is 0 Å². The smallest absolute Gasteiger partial charge is 0.261 e. The van der Waals surface area contributed by atoms with Crippen molar-refractivity contribution in [3.63, 3.8) is 0 Å². The van der Waals surface area contributed by atoms with Crippen LogP contribution in [-0.4, -0.2) is 18.6 Å². The molecule has 104 valence electrons. The first kappa shape index (κ1) is 15.2. The van der Waals surface area contributed by atoms with Crippen molar-refractivity contribution in [3.8, 4) is 5.75 Å². The first-order valence-electron chi connectivity index (χ1n) is 6.49. The SMILES string of the molecule is C=CCNC(=O)C(C)Oc1ccc(C(N)CC)cc1. The van der Waals surface area contributed by atoms with Crippen molar-refractivity contribution >= 4 is 5.91 Å². The summed E-state index contributed by atoms with van der Waals surface area (Å²) in [5.41, 5.74) is 7.00. The summed E-state index contributed by atoms with van der Waals surface area (Å²) < 4.78 is 5.55. The van der Waals surface area contributed by atoms with Gasteiger partial charge in [0.1, 0.15) is 5.75 Å². The van der Waals surface area contributed by atoms with Crippen molar-refractivity contribution in [2.24, 2.45) is 5.73 Å². The quantitative estimate of drug-likeness (QED) is 0.740. The summed E-state index contributed by atoms with van der Waals surface area (Å²) in [4.78, 5) is 11.6. The lowest BCUT2D eigenvalue weighted by Gasteiger charge is -2.15. The Morgan fingerprint density at radius 2 is 2.11 bits per heavy atom. The fourth-order valence-corrected chi connectivity index (χ4v) is 1.60. The molecule has 3 N–H and O–H groups in total. The van der Waals surface area contributed by atoms with E-state index in [0.717, 1.165) is 12.0 Å². The van der Waals surface area contributed by atoms with Gasteiger partial charge in [-0.1, -0.05) is 25.1 Å². The molecule has 0 aliphatic rings. The molecule has 2 atom stereocenters. The van der Waals surface area contributed by atoms with Gasteiger partial charge in [0.2, 0.25) is 0 Å². The summed E-state index contributed by atoms with van der Waals surface area (Å²) in [7, 11) is 0. The van der Waals surface area contributed by atoms with E-state index in [4.69, 9.17) is 10.5 Å². The van der Waals surface area contributed by atoms with Crippen LogP contribution in [0.15, 0.2) is 36.9 Å². The molecular formula is C15H22N2O2. The number of nitrogens with two attached hydrogens (primary N) is 1. The molecule has 0 bridgehead atoms. The zero-order valence-electron chi connectivity index (χ0n) is 11.6. The van der Waals surface area contributed by atoms with E-state index in [0.29, 0.717) is 12.3 Å². The molecule has 19 heavy (non-hydrogen) atoms. The number of amides is 1. The van der Waals surface area contributed by atoms with Gasteiger partial charge in [0.05, 0.1) is 0 Å². The molecule has 0 fully saturated rings. The third-order valence-electron chi connectivity index (χ3n) is 2.85. The molecule has 1 aromatic carbocycles. The number of carbonyl (C=O) groups is 1. The molecular weight excluding hydrogens is 240 g/mol. The van der Waals surface area contributed by atoms with E-state index < -0.39 is 6.10 Å². The fourth-order valence-electron chi connectivity index (χ4n) is 1.60. The molecule has 0 aromatic heterocycles. The van der Waals surface area contributed by atoms with Crippen molar-refractivity contribution in [2.45, 2.75) is 32.4 Å². The van der Waals surface area contributed by atoms with E-state index in [9.17, 15) is 4.79 Å². The Labute approximate surface area is 114 Å². The highest BCUT2D eigenvalue weighted by molar-refractivity contribution is 5.80. The number of hydrogen-bond acceptors (Lipinski definition) is 3. The molecule has 2 unspecified atom stereocenters. The maximum Gasteiger partial charge on any atom is 0.261 e. The van der Waals surface area contributed by atoms with E-state index in [-0.39, 0.29) is 11.9 Å². The summed E-state index contributed by atoms with van der Waals surface area (Å²) in [6.45, 7) is 7.74. The minimum Gasteiger partial charge on any atom is -0.481 e. The van der Waals surface area contributed by atoms with Gasteiger partial charge < -0.3 is 15.8 Å². The van der Waals surface area contributed by atoms with Gasteiger partial charge in [0, 0.05) is 12.6 Å². The van der Waals surface area contributed by atoms with Crippen LogP contribution in [0.4, 0.5) is 0 Å². The summed E-state index contributed by atoms with van der Waals surface area (Å²) in [6, 6.07) is 7.57. The van der Waals surface area contributed by atoms with Crippen LogP contribution in [0, 0.1) is 0 Å². The van der Waals surface area contributed by atoms with Gasteiger partial charge in [0.25, 0.3) is 5.91 Å². The average molecular weight is 262 g/mol. The maximum atomic E-state index is 11.6. The second kappa shape index (κ2) is 7.59. The van der Waals surface area contributed by atoms with E-state index in [2.05, 4.69) is 11.9 Å². The lowest BCUT2D eigenvalue weighted by atomic mass is 10.1. The van der Waals surface area contributed by atoms with Crippen molar-refractivity contribution in [1.82, 2.24) is 5.32 Å². The summed E-state index contributed by atoms with van der Waals surface area (Å²) in [6.07, 6.45) is 1.98. The monoisotopic (exact) mass is 262 g/mol. The summed E-state index contributed by atoms with van der Waals surface area (Å²) in [5.74, 6) is 0.502. The molecule has 0 saturated carbocycles. The molecule has 1 aromatic rings. The van der Waals surface area contributed by atoms with Crippen LogP contribution in [0.25, 0.3) is 0 Å². The van der Waals surface area contributed by atoms with Gasteiger partial charge in [-0.05, 0) is 31.0 Å². The fraction of sp³-hybridized carbons (Fsp3) is 0.400. The molecule has 1 amide bonds. The summed E-state index contributed by atoms with van der Waals surface area (Å²) >= 11 is 0. The van der Waals surface area contributed by atoms with Gasteiger partial charge >= 0.3 is 0 Å². The van der Waals surface area contributed by atoms with E-state index in [1.807, 2.05) is 31.2 Å². The van der Waals surface area contributed by atoms with Gasteiger partial charge in [0.15, 0.2) is 6.10 Å². The number of ether oxygens (including phenoxy) is 1. The third-order valence-corrected chi connectivity index (χ3v) is 2.85. The number of nitrogens with one attached hydrogen (secondary N) is 1. The number of rotatable bonds is 7. The van der Waals surface area contributed by atoms with Gasteiger partial charge in [-0.15, -0.1) is 6.58 Å². The van der Waals surface area contributed by atoms with E-state index in [1.165, 1.54) is 0 Å². The average Bonchev–Trinajstić information content (AvgIpc) is 2.44. The lowest BCUT2D eigenvalue weighted by molar-refractivity contribution is -0.127. The predicted octanol–water partition coefficient (Wildman–Crippen LogP) is 2.17. The van der Waals surface area contributed by atoms with Crippen LogP contribution in [0.5, 0.6) is 5.75 Å². The molecule has 0 spiro atoms. The van der Waals surface area contributed by atoms with Crippen molar-refractivity contribution in [2.75, 3.05) is 6.54 Å². The van der Waals surface area contributed by atoms with Crippen LogP contribution in [-0.2, 0) is 4.79 Å². The Kier molecular flexibility index (Phi) is 6.09. The van der Waals surface area contributed by atoms with E-state index >= 15 is 0 Å². The Balaban J connectivity index is 2.57. The molecule has 0 aliphatic carbocycles. The van der Waals surface area contributed by atoms with Crippen molar-refractivity contribution < 1.29 is 9.53 Å². The number of benzene rings is 1. The van der Waals surface area contributed by atoms with Crippen LogP contribution in [0.2, 0.25) is 0 Å². The molecule has 0 heterocycles. The summed E-state index contributed by atoms with van der Waals surface area (Å²) in [5, 5.41) is 2.69. The topological polar surface area (TPSA) is 64.3 Å². The normalized spacial score (nSPS) is 13.4. The van der Waals surface area contributed by atoms with Crippen LogP contribution in [0.1, 0.15) is 31.9 Å². The van der Waals surface area contributed by atoms with Crippen LogP contribution in [0.3, 0.4) is 0 Å². The molecule has 4 nitrogen and oxygen atoms in total. The largest absolute Gasteiger partial charge is 0.481 e. The molecule has 0 radical (unpaired) electrons. The first-order chi connectivity index (χ1) is 9.08. The highest BCUT2D eigenvalue weighted by Gasteiger charge is 2.13. The number of carbonyl (C=O) groups excluding carboxylic acids is 1. The highest BCUT2D eigenvalue weighted by atomic mass is 16.5. The third kappa shape index (κ3) is 4.75. The standard InChI is InChI=1S/C15H22N2O2/c1-4-10-17-15(18)11(3)19-13-8-6-12(7-9-13)14(16)5-2/h4,6-9,11,14H,1,5,10,16H2,2-3H3,(H,17,18). The predicted molar refractivity (Wildman–Crippen MR) is 77.0 cm³/mol. The molecule has 4 heteroatoms. The highest BCUT2D eigenvalue weighted by Crippen LogP contribution is 2.19. The van der Waals surface area contributed by atoms with Gasteiger partial charge in [-0.25, -0.2) is 0 Å². The zero-order chi connectivity index (χ0) is 14.3. The van der Waals surface area contributed by atoms with Crippen LogP contribution >= 0.6 is 0 Å². The maximum absolute atomic E-state index is 11.6. The second-order valence-electron chi connectivity index (χ2n) is 4.38. The van der Waals surface area contributed by atoms with Crippen LogP contribution < -0.4 is 15.8 Å². The Morgan fingerprint density at radius 3 is 2.63 bits per heavy atom. The number of hydrogen-bond donors (Lipinski definition) is 2. The zero-order valence-corrected chi connectivity index (χ0v) is 11.6. The molecule has 0 aliphatic heterocycles. The van der Waals surface area contributed by atoms with Crippen molar-refractivity contribution in [1.29, 1.82) is 0 Å². The Morgan fingerprint density at radius 1 is 1.47 bits per heavy atom. The lowest BCUT2D eigenvalue weighted by Crippen LogP contribution is -2.36. The molecule has 1 rings (SSSR count). The van der Waals surface area contributed by atoms with E-state index in [1.54, 1.807) is 13.0 Å². The second-order valence-corrected chi connectivity index (χ2v) is 4.38. The van der Waals surface area contributed by atoms with Gasteiger partial charge in [-0.3, -0.25) is 4.79 Å². The minimum atomic E-state index is -0.536. The Hall–Kier alpha value is -1.81. The first-order valence-corrected chi connectivity index (χ1v) is 6.49. The van der Waals surface area contributed by atoms with Crippen molar-refractivity contribution in [3.05, 3.63) is 42.5 Å².